The Kier molecular flexibility index (Phi) is 7.62. The number of nitriles is 1. The molecular weight excluding hydrogens is 376 g/mol. The number of nitrogens with zero attached hydrogens (tertiary/aromatic N) is 1. The molecule has 0 aliphatic heterocycles. The van der Waals surface area contributed by atoms with Gasteiger partial charge in [-0.25, -0.2) is 4.79 Å². The molecule has 2 aromatic carbocycles. The van der Waals surface area contributed by atoms with Crippen LogP contribution in [0.1, 0.15) is 12.5 Å². The molecule has 0 unspecified atom stereocenters. The average Bonchev–Trinajstić information content (AvgIpc) is 2.72. The van der Waals surface area contributed by atoms with Crippen LogP contribution < -0.4 is 14.8 Å². The van der Waals surface area contributed by atoms with E-state index in [1.807, 2.05) is 6.07 Å². The molecule has 0 radical (unpaired) electrons. The highest BCUT2D eigenvalue weighted by atomic mass is 16.6. The highest BCUT2D eigenvalue weighted by molar-refractivity contribution is 6.09. The number of ether oxygens (including phenoxy) is 3. The second kappa shape index (κ2) is 10.4. The van der Waals surface area contributed by atoms with E-state index in [-0.39, 0.29) is 17.9 Å². The van der Waals surface area contributed by atoms with Crippen molar-refractivity contribution in [3.63, 3.8) is 0 Å². The Balaban J connectivity index is 2.21. The summed E-state index contributed by atoms with van der Waals surface area (Å²) in [6.45, 7) is 1.87. The minimum absolute atomic E-state index is 0.0667. The number of esters is 1. The zero-order chi connectivity index (χ0) is 21.2. The first-order valence-electron chi connectivity index (χ1n) is 8.65. The van der Waals surface area contributed by atoms with Crippen LogP contribution in [0.25, 0.3) is 6.08 Å². The van der Waals surface area contributed by atoms with Gasteiger partial charge in [-0.05, 0) is 55.0 Å². The maximum atomic E-state index is 12.3. The van der Waals surface area contributed by atoms with Gasteiger partial charge in [0, 0.05) is 5.69 Å². The lowest BCUT2D eigenvalue weighted by atomic mass is 10.1. The summed E-state index contributed by atoms with van der Waals surface area (Å²) >= 11 is 0. The van der Waals surface area contributed by atoms with Crippen molar-refractivity contribution in [3.05, 3.63) is 53.6 Å². The molecule has 0 saturated carbocycles. The van der Waals surface area contributed by atoms with E-state index in [0.717, 1.165) is 0 Å². The molecule has 0 heterocycles. The summed E-state index contributed by atoms with van der Waals surface area (Å²) in [7, 11) is 1.26. The summed E-state index contributed by atoms with van der Waals surface area (Å²) in [4.78, 5) is 23.6. The number of methoxy groups -OCH3 is 1. The zero-order valence-electron chi connectivity index (χ0n) is 16.0. The normalized spacial score (nSPS) is 10.6. The van der Waals surface area contributed by atoms with E-state index in [0.29, 0.717) is 29.4 Å². The van der Waals surface area contributed by atoms with Crippen molar-refractivity contribution in [3.8, 4) is 23.3 Å². The molecule has 0 spiro atoms. The molecule has 1 amide bonds. The van der Waals surface area contributed by atoms with E-state index in [4.69, 9.17) is 9.47 Å². The lowest BCUT2D eigenvalue weighted by Crippen LogP contribution is -2.13. The molecule has 8 heteroatoms. The molecule has 150 valence electrons. The smallest absolute Gasteiger partial charge is 0.343 e. The number of nitrogens with one attached hydrogen (secondary N) is 1. The molecule has 2 rings (SSSR count). The molecule has 8 nitrogen and oxygen atoms in total. The van der Waals surface area contributed by atoms with Gasteiger partial charge in [-0.15, -0.1) is 0 Å². The Morgan fingerprint density at radius 3 is 2.48 bits per heavy atom. The zero-order valence-corrected chi connectivity index (χ0v) is 16.0. The van der Waals surface area contributed by atoms with Gasteiger partial charge in [0.2, 0.25) is 0 Å². The van der Waals surface area contributed by atoms with Gasteiger partial charge < -0.3 is 24.6 Å². The van der Waals surface area contributed by atoms with E-state index < -0.39 is 11.9 Å². The van der Waals surface area contributed by atoms with E-state index in [1.54, 1.807) is 25.1 Å². The fourth-order valence-corrected chi connectivity index (χ4v) is 2.26. The number of phenols is 1. The van der Waals surface area contributed by atoms with Crippen molar-refractivity contribution in [2.75, 3.05) is 25.6 Å². The van der Waals surface area contributed by atoms with Crippen molar-refractivity contribution >= 4 is 23.6 Å². The largest absolute Gasteiger partial charge is 0.508 e. The second-order valence-electron chi connectivity index (χ2n) is 5.67. The summed E-state index contributed by atoms with van der Waals surface area (Å²) in [5.74, 6) is -0.365. The van der Waals surface area contributed by atoms with Crippen molar-refractivity contribution in [2.45, 2.75) is 6.92 Å². The van der Waals surface area contributed by atoms with Crippen molar-refractivity contribution in [1.29, 1.82) is 5.26 Å². The summed E-state index contributed by atoms with van der Waals surface area (Å²) < 4.78 is 15.4. The van der Waals surface area contributed by atoms with Gasteiger partial charge in [0.15, 0.2) is 18.1 Å². The first-order chi connectivity index (χ1) is 14.0. The summed E-state index contributed by atoms with van der Waals surface area (Å²) in [5, 5.41) is 21.2. The third-order valence-electron chi connectivity index (χ3n) is 3.64. The van der Waals surface area contributed by atoms with Gasteiger partial charge in [0.05, 0.1) is 13.7 Å². The molecule has 0 bridgehead atoms. The fraction of sp³-hybridized carbons (Fsp3) is 0.190. The topological polar surface area (TPSA) is 118 Å². The number of hydrogen-bond acceptors (Lipinski definition) is 7. The third kappa shape index (κ3) is 6.29. The average molecular weight is 396 g/mol. The number of rotatable bonds is 8. The minimum Gasteiger partial charge on any atom is -0.508 e. The van der Waals surface area contributed by atoms with E-state index in [1.165, 1.54) is 37.5 Å². The molecule has 0 aliphatic carbocycles. The Labute approximate surface area is 167 Å². The van der Waals surface area contributed by atoms with Crippen LogP contribution in [0.3, 0.4) is 0 Å². The van der Waals surface area contributed by atoms with Gasteiger partial charge in [-0.1, -0.05) is 6.07 Å². The van der Waals surface area contributed by atoms with Gasteiger partial charge >= 0.3 is 5.97 Å². The van der Waals surface area contributed by atoms with Crippen LogP contribution in [-0.2, 0) is 14.3 Å². The molecule has 0 atom stereocenters. The van der Waals surface area contributed by atoms with Gasteiger partial charge in [0.25, 0.3) is 5.91 Å². The van der Waals surface area contributed by atoms with Crippen molar-refractivity contribution in [1.82, 2.24) is 0 Å². The number of phenolic OH excluding ortho intramolecular Hbond substituents is 1. The number of amides is 1. The highest BCUT2D eigenvalue weighted by Gasteiger charge is 2.12. The number of benzene rings is 2. The predicted octanol–water partition coefficient (Wildman–Crippen LogP) is 2.89. The summed E-state index contributed by atoms with van der Waals surface area (Å²) in [6.07, 6.45) is 1.41. The lowest BCUT2D eigenvalue weighted by Gasteiger charge is -2.12. The Hall–Kier alpha value is -3.99. The van der Waals surface area contributed by atoms with E-state index >= 15 is 0 Å². The second-order valence-corrected chi connectivity index (χ2v) is 5.67. The molecule has 0 aliphatic rings. The quantitative estimate of drug-likeness (QED) is 0.305. The standard InChI is InChI=1S/C21H20N2O6/c1-3-28-19-11-14(4-9-18(19)29-13-20(25)27-2)10-15(12-22)21(26)23-16-5-7-17(24)8-6-16/h4-11,24H,3,13H2,1-2H3,(H,23,26)/b15-10+. The maximum absolute atomic E-state index is 12.3. The third-order valence-corrected chi connectivity index (χ3v) is 3.64. The van der Waals surface area contributed by atoms with Gasteiger partial charge in [-0.2, -0.15) is 5.26 Å². The lowest BCUT2D eigenvalue weighted by molar-refractivity contribution is -0.142. The molecule has 29 heavy (non-hydrogen) atoms. The fourth-order valence-electron chi connectivity index (χ4n) is 2.26. The highest BCUT2D eigenvalue weighted by Crippen LogP contribution is 2.29. The number of hydrogen-bond donors (Lipinski definition) is 2. The van der Waals surface area contributed by atoms with Gasteiger partial charge in [0.1, 0.15) is 17.4 Å². The van der Waals surface area contributed by atoms with Crippen LogP contribution in [0.15, 0.2) is 48.0 Å². The number of anilines is 1. The first-order valence-corrected chi connectivity index (χ1v) is 8.65. The molecule has 2 aromatic rings. The van der Waals surface area contributed by atoms with E-state index in [9.17, 15) is 20.0 Å². The molecular formula is C21H20N2O6. The molecule has 2 N–H and O–H groups in total. The number of carbonyl (C=O) groups is 2. The van der Waals surface area contributed by atoms with Gasteiger partial charge in [-0.3, -0.25) is 4.79 Å². The SMILES string of the molecule is CCOc1cc(/C=C(\C#N)C(=O)Nc2ccc(O)cc2)ccc1OCC(=O)OC. The van der Waals surface area contributed by atoms with Crippen molar-refractivity contribution < 1.29 is 28.9 Å². The Bertz CT molecular complexity index is 945. The first kappa shape index (κ1) is 21.3. The maximum Gasteiger partial charge on any atom is 0.343 e. The van der Waals surface area contributed by atoms with Crippen LogP contribution in [0.4, 0.5) is 5.69 Å². The van der Waals surface area contributed by atoms with E-state index in [2.05, 4.69) is 10.1 Å². The molecule has 0 saturated heterocycles. The predicted molar refractivity (Wildman–Crippen MR) is 105 cm³/mol. The van der Waals surface area contributed by atoms with Crippen LogP contribution in [-0.4, -0.2) is 37.3 Å². The Morgan fingerprint density at radius 1 is 1.14 bits per heavy atom. The monoisotopic (exact) mass is 396 g/mol. The van der Waals surface area contributed by atoms with Crippen LogP contribution in [0, 0.1) is 11.3 Å². The molecule has 0 aromatic heterocycles. The van der Waals surface area contributed by atoms with Crippen LogP contribution in [0.5, 0.6) is 17.2 Å². The molecule has 0 fully saturated rings. The van der Waals surface area contributed by atoms with Crippen molar-refractivity contribution in [2.24, 2.45) is 0 Å². The van der Waals surface area contributed by atoms with Crippen LogP contribution in [0.2, 0.25) is 0 Å². The number of carbonyl (C=O) groups excluding carboxylic acids is 2. The van der Waals surface area contributed by atoms with Crippen LogP contribution >= 0.6 is 0 Å². The Morgan fingerprint density at radius 2 is 1.86 bits per heavy atom. The number of aromatic hydroxyl groups is 1. The summed E-state index contributed by atoms with van der Waals surface area (Å²) in [6, 6.07) is 12.5. The minimum atomic E-state index is -0.595. The summed E-state index contributed by atoms with van der Waals surface area (Å²) in [5.41, 5.74) is 0.857.